The van der Waals surface area contributed by atoms with E-state index in [0.29, 0.717) is 5.00 Å². The summed E-state index contributed by atoms with van der Waals surface area (Å²) in [7, 11) is 0. The SMILES string of the molecule is Cc1nsc(N)c1-c1nnc2ccccn12. The number of nitrogen functional groups attached to an aromatic ring is 1. The number of hydrogen-bond acceptors (Lipinski definition) is 5. The number of nitrogens with zero attached hydrogens (tertiary/aromatic N) is 4. The van der Waals surface area contributed by atoms with E-state index in [1.165, 1.54) is 11.5 Å². The lowest BCUT2D eigenvalue weighted by atomic mass is 10.2. The highest BCUT2D eigenvalue weighted by atomic mass is 32.1. The van der Waals surface area contributed by atoms with Crippen LogP contribution < -0.4 is 5.73 Å². The summed E-state index contributed by atoms with van der Waals surface area (Å²) in [6.45, 7) is 1.92. The highest BCUT2D eigenvalue weighted by Crippen LogP contribution is 2.30. The molecule has 0 aliphatic carbocycles. The first-order chi connectivity index (χ1) is 7.77. The molecule has 0 bridgehead atoms. The van der Waals surface area contributed by atoms with Gasteiger partial charge in [0.05, 0.1) is 11.3 Å². The van der Waals surface area contributed by atoms with Crippen LogP contribution in [-0.2, 0) is 0 Å². The Kier molecular flexibility index (Phi) is 1.90. The summed E-state index contributed by atoms with van der Waals surface area (Å²) >= 11 is 1.28. The average Bonchev–Trinajstić information content (AvgIpc) is 2.83. The van der Waals surface area contributed by atoms with Crippen LogP contribution in [0.5, 0.6) is 0 Å². The van der Waals surface area contributed by atoms with Gasteiger partial charge in [0.1, 0.15) is 5.00 Å². The molecule has 0 atom stereocenters. The number of hydrogen-bond donors (Lipinski definition) is 1. The molecule has 0 radical (unpaired) electrons. The zero-order valence-corrected chi connectivity index (χ0v) is 9.40. The molecule has 3 rings (SSSR count). The molecule has 16 heavy (non-hydrogen) atoms. The van der Waals surface area contributed by atoms with E-state index in [9.17, 15) is 0 Å². The Labute approximate surface area is 95.7 Å². The summed E-state index contributed by atoms with van der Waals surface area (Å²) in [5, 5.41) is 8.93. The highest BCUT2D eigenvalue weighted by molar-refractivity contribution is 7.10. The fourth-order valence-electron chi connectivity index (χ4n) is 1.67. The first-order valence-electron chi connectivity index (χ1n) is 4.79. The van der Waals surface area contributed by atoms with Crippen molar-refractivity contribution in [3.8, 4) is 11.4 Å². The zero-order chi connectivity index (χ0) is 11.1. The first kappa shape index (κ1) is 9.29. The molecule has 6 heteroatoms. The van der Waals surface area contributed by atoms with Gasteiger partial charge in [0, 0.05) is 6.20 Å². The quantitative estimate of drug-likeness (QED) is 0.692. The number of rotatable bonds is 1. The third-order valence-electron chi connectivity index (χ3n) is 2.43. The zero-order valence-electron chi connectivity index (χ0n) is 8.58. The average molecular weight is 231 g/mol. The first-order valence-corrected chi connectivity index (χ1v) is 5.56. The molecule has 0 unspecified atom stereocenters. The van der Waals surface area contributed by atoms with Gasteiger partial charge in [0.25, 0.3) is 0 Å². The number of nitrogens with two attached hydrogens (primary N) is 1. The largest absolute Gasteiger partial charge is 0.389 e. The predicted molar refractivity (Wildman–Crippen MR) is 63.2 cm³/mol. The Hall–Kier alpha value is -1.95. The minimum atomic E-state index is 0.677. The molecule has 0 saturated heterocycles. The van der Waals surface area contributed by atoms with Crippen LogP contribution in [0.15, 0.2) is 24.4 Å². The Morgan fingerprint density at radius 2 is 2.19 bits per heavy atom. The van der Waals surface area contributed by atoms with E-state index in [-0.39, 0.29) is 0 Å². The second-order valence-electron chi connectivity index (χ2n) is 3.46. The minimum absolute atomic E-state index is 0.677. The number of pyridine rings is 1. The number of fused-ring (bicyclic) bond motifs is 1. The maximum absolute atomic E-state index is 5.90. The van der Waals surface area contributed by atoms with Crippen LogP contribution in [0.25, 0.3) is 17.0 Å². The van der Waals surface area contributed by atoms with Crippen LogP contribution in [0.2, 0.25) is 0 Å². The molecule has 0 aliphatic heterocycles. The molecule has 0 aromatic carbocycles. The molecule has 3 aromatic rings. The molecule has 2 N–H and O–H groups in total. The number of aryl methyl sites for hydroxylation is 1. The predicted octanol–water partition coefficient (Wildman–Crippen LogP) is 1.74. The molecule has 3 heterocycles. The van der Waals surface area contributed by atoms with E-state index in [2.05, 4.69) is 14.6 Å². The summed E-state index contributed by atoms with van der Waals surface area (Å²) in [5.41, 5.74) is 8.47. The van der Waals surface area contributed by atoms with Crippen molar-refractivity contribution in [1.82, 2.24) is 19.0 Å². The van der Waals surface area contributed by atoms with E-state index < -0.39 is 0 Å². The Morgan fingerprint density at radius 1 is 1.31 bits per heavy atom. The van der Waals surface area contributed by atoms with Crippen LogP contribution in [0.3, 0.4) is 0 Å². The van der Waals surface area contributed by atoms with Crippen molar-refractivity contribution < 1.29 is 0 Å². The normalized spacial score (nSPS) is 11.1. The Bertz CT molecular complexity index is 635. The Balaban J connectivity index is 2.35. The van der Waals surface area contributed by atoms with Crippen LogP contribution >= 0.6 is 11.5 Å². The van der Waals surface area contributed by atoms with Crippen molar-refractivity contribution in [2.45, 2.75) is 6.92 Å². The van der Waals surface area contributed by atoms with Gasteiger partial charge < -0.3 is 5.73 Å². The molecule has 0 spiro atoms. The van der Waals surface area contributed by atoms with Gasteiger partial charge in [-0.05, 0) is 30.6 Å². The van der Waals surface area contributed by atoms with Gasteiger partial charge in [-0.2, -0.15) is 4.37 Å². The molecular weight excluding hydrogens is 222 g/mol. The molecule has 0 amide bonds. The third-order valence-corrected chi connectivity index (χ3v) is 3.19. The standard InChI is InChI=1S/C10H9N5S/c1-6-8(9(11)16-14-6)10-13-12-7-4-2-3-5-15(7)10/h2-5H,11H2,1H3. The van der Waals surface area contributed by atoms with Crippen LogP contribution in [0, 0.1) is 6.92 Å². The lowest BCUT2D eigenvalue weighted by Crippen LogP contribution is -1.92. The van der Waals surface area contributed by atoms with Crippen molar-refractivity contribution in [2.75, 3.05) is 5.73 Å². The van der Waals surface area contributed by atoms with Crippen molar-refractivity contribution in [3.05, 3.63) is 30.1 Å². The molecule has 0 fully saturated rings. The van der Waals surface area contributed by atoms with Crippen molar-refractivity contribution in [2.24, 2.45) is 0 Å². The highest BCUT2D eigenvalue weighted by Gasteiger charge is 2.15. The van der Waals surface area contributed by atoms with E-state index in [1.807, 2.05) is 35.7 Å². The lowest BCUT2D eigenvalue weighted by Gasteiger charge is -1.98. The van der Waals surface area contributed by atoms with Gasteiger partial charge in [-0.25, -0.2) is 0 Å². The molecule has 0 aliphatic rings. The Morgan fingerprint density at radius 3 is 2.94 bits per heavy atom. The molecule has 0 saturated carbocycles. The topological polar surface area (TPSA) is 69.1 Å². The number of anilines is 1. The minimum Gasteiger partial charge on any atom is -0.389 e. The number of aromatic nitrogens is 4. The summed E-state index contributed by atoms with van der Waals surface area (Å²) in [6.07, 6.45) is 1.92. The summed E-state index contributed by atoms with van der Waals surface area (Å²) in [6, 6.07) is 5.77. The summed E-state index contributed by atoms with van der Waals surface area (Å²) in [5.74, 6) is 0.749. The summed E-state index contributed by atoms with van der Waals surface area (Å²) < 4.78 is 6.12. The summed E-state index contributed by atoms with van der Waals surface area (Å²) in [4.78, 5) is 0. The van der Waals surface area contributed by atoms with Crippen LogP contribution in [-0.4, -0.2) is 19.0 Å². The van der Waals surface area contributed by atoms with E-state index in [1.54, 1.807) is 0 Å². The third kappa shape index (κ3) is 1.20. The molecule has 3 aromatic heterocycles. The van der Waals surface area contributed by atoms with Gasteiger partial charge in [0.15, 0.2) is 11.5 Å². The van der Waals surface area contributed by atoms with Gasteiger partial charge in [-0.1, -0.05) is 6.07 Å². The van der Waals surface area contributed by atoms with E-state index >= 15 is 0 Å². The van der Waals surface area contributed by atoms with E-state index in [0.717, 1.165) is 22.7 Å². The lowest BCUT2D eigenvalue weighted by molar-refractivity contribution is 1.11. The second-order valence-corrected chi connectivity index (χ2v) is 4.26. The fourth-order valence-corrected chi connectivity index (χ4v) is 2.33. The van der Waals surface area contributed by atoms with Crippen molar-refractivity contribution >= 4 is 22.2 Å². The van der Waals surface area contributed by atoms with Crippen LogP contribution in [0.4, 0.5) is 5.00 Å². The van der Waals surface area contributed by atoms with Gasteiger partial charge in [-0.15, -0.1) is 10.2 Å². The molecule has 5 nitrogen and oxygen atoms in total. The maximum Gasteiger partial charge on any atom is 0.173 e. The fraction of sp³-hybridized carbons (Fsp3) is 0.100. The maximum atomic E-state index is 5.90. The van der Waals surface area contributed by atoms with E-state index in [4.69, 9.17) is 5.73 Å². The molecule has 80 valence electrons. The van der Waals surface area contributed by atoms with Gasteiger partial charge >= 0.3 is 0 Å². The van der Waals surface area contributed by atoms with Crippen molar-refractivity contribution in [1.29, 1.82) is 0 Å². The monoisotopic (exact) mass is 231 g/mol. The van der Waals surface area contributed by atoms with Gasteiger partial charge in [0.2, 0.25) is 0 Å². The molecular formula is C10H9N5S. The second kappa shape index (κ2) is 3.28. The van der Waals surface area contributed by atoms with Gasteiger partial charge in [-0.3, -0.25) is 4.40 Å². The van der Waals surface area contributed by atoms with Crippen LogP contribution in [0.1, 0.15) is 5.69 Å². The van der Waals surface area contributed by atoms with Crippen molar-refractivity contribution in [3.63, 3.8) is 0 Å². The smallest absolute Gasteiger partial charge is 0.173 e.